The largest absolute Gasteiger partial charge is 0.481 e. The lowest BCUT2D eigenvalue weighted by Gasteiger charge is -2.18. The van der Waals surface area contributed by atoms with Crippen LogP contribution in [-0.4, -0.2) is 42.9 Å². The van der Waals surface area contributed by atoms with Crippen molar-refractivity contribution >= 4 is 5.91 Å². The maximum Gasteiger partial charge on any atom is 0.260 e. The van der Waals surface area contributed by atoms with Gasteiger partial charge in [-0.3, -0.25) is 4.79 Å². The number of ether oxygens (including phenoxy) is 1. The molecule has 1 aromatic rings. The molecular weight excluding hydrogens is 263 g/mol. The van der Waals surface area contributed by atoms with Crippen LogP contribution in [-0.2, 0) is 4.79 Å². The van der Waals surface area contributed by atoms with Gasteiger partial charge in [0.2, 0.25) is 0 Å². The standard InChI is InChI=1S/C14H19FN2O3/c1-9(20-12-4-2-11(15)3-5-12)14(19)17-7-10-6-16-8-13(10)18/h2-5,9-10,13,16,18H,6-8H2,1H3,(H,17,19). The average Bonchev–Trinajstić information content (AvgIpc) is 2.84. The van der Waals surface area contributed by atoms with E-state index in [1.165, 1.54) is 24.3 Å². The molecule has 1 aromatic carbocycles. The smallest absolute Gasteiger partial charge is 0.260 e. The molecule has 20 heavy (non-hydrogen) atoms. The molecule has 2 rings (SSSR count). The van der Waals surface area contributed by atoms with E-state index in [2.05, 4.69) is 10.6 Å². The average molecular weight is 282 g/mol. The molecule has 0 aliphatic carbocycles. The van der Waals surface area contributed by atoms with Gasteiger partial charge < -0.3 is 20.5 Å². The van der Waals surface area contributed by atoms with E-state index in [9.17, 15) is 14.3 Å². The second kappa shape index (κ2) is 6.67. The van der Waals surface area contributed by atoms with Crippen molar-refractivity contribution in [2.45, 2.75) is 19.1 Å². The number of hydrogen-bond acceptors (Lipinski definition) is 4. The molecule has 0 aromatic heterocycles. The number of nitrogens with one attached hydrogen (secondary N) is 2. The van der Waals surface area contributed by atoms with Crippen molar-refractivity contribution in [3.05, 3.63) is 30.1 Å². The highest BCUT2D eigenvalue weighted by Gasteiger charge is 2.26. The molecule has 3 N–H and O–H groups in total. The molecule has 1 aliphatic rings. The summed E-state index contributed by atoms with van der Waals surface area (Å²) in [6.07, 6.45) is -1.10. The number of halogens is 1. The van der Waals surface area contributed by atoms with Crippen molar-refractivity contribution in [3.63, 3.8) is 0 Å². The van der Waals surface area contributed by atoms with Gasteiger partial charge in [0, 0.05) is 25.6 Å². The first kappa shape index (κ1) is 14.7. The van der Waals surface area contributed by atoms with Gasteiger partial charge in [0.15, 0.2) is 6.10 Å². The van der Waals surface area contributed by atoms with Crippen molar-refractivity contribution in [1.82, 2.24) is 10.6 Å². The number of aliphatic hydroxyl groups is 1. The lowest BCUT2D eigenvalue weighted by molar-refractivity contribution is -0.127. The fourth-order valence-corrected chi connectivity index (χ4v) is 2.07. The molecule has 1 amide bonds. The number of carbonyl (C=O) groups excluding carboxylic acids is 1. The molecule has 1 fully saturated rings. The van der Waals surface area contributed by atoms with E-state index < -0.39 is 12.2 Å². The summed E-state index contributed by atoms with van der Waals surface area (Å²) in [5.41, 5.74) is 0. The Balaban J connectivity index is 1.78. The number of carbonyl (C=O) groups is 1. The van der Waals surface area contributed by atoms with Gasteiger partial charge >= 0.3 is 0 Å². The van der Waals surface area contributed by atoms with E-state index >= 15 is 0 Å². The highest BCUT2D eigenvalue weighted by molar-refractivity contribution is 5.80. The Hall–Kier alpha value is -1.66. The van der Waals surface area contributed by atoms with Crippen molar-refractivity contribution in [2.75, 3.05) is 19.6 Å². The van der Waals surface area contributed by atoms with Gasteiger partial charge in [-0.1, -0.05) is 0 Å². The minimum atomic E-state index is -0.674. The molecule has 1 aliphatic heterocycles. The van der Waals surface area contributed by atoms with Crippen LogP contribution in [0, 0.1) is 11.7 Å². The Morgan fingerprint density at radius 2 is 2.20 bits per heavy atom. The van der Waals surface area contributed by atoms with Gasteiger partial charge in [0.1, 0.15) is 11.6 Å². The van der Waals surface area contributed by atoms with Gasteiger partial charge in [-0.2, -0.15) is 0 Å². The molecular formula is C14H19FN2O3. The number of rotatable bonds is 5. The van der Waals surface area contributed by atoms with Crippen molar-refractivity contribution in [3.8, 4) is 5.75 Å². The first-order valence-corrected chi connectivity index (χ1v) is 6.65. The summed E-state index contributed by atoms with van der Waals surface area (Å²) >= 11 is 0. The summed E-state index contributed by atoms with van der Waals surface area (Å²) < 4.78 is 18.2. The van der Waals surface area contributed by atoms with Crippen LogP contribution in [0.1, 0.15) is 6.92 Å². The maximum absolute atomic E-state index is 12.7. The Labute approximate surface area is 117 Å². The molecule has 5 nitrogen and oxygen atoms in total. The number of aliphatic hydroxyl groups excluding tert-OH is 1. The minimum absolute atomic E-state index is 0.0250. The molecule has 110 valence electrons. The van der Waals surface area contributed by atoms with Crippen LogP contribution in [0.15, 0.2) is 24.3 Å². The molecule has 3 unspecified atom stereocenters. The van der Waals surface area contributed by atoms with Crippen molar-refractivity contribution in [2.24, 2.45) is 5.92 Å². The van der Waals surface area contributed by atoms with E-state index in [0.717, 1.165) is 0 Å². The topological polar surface area (TPSA) is 70.6 Å². The second-order valence-corrected chi connectivity index (χ2v) is 4.94. The Morgan fingerprint density at radius 1 is 1.50 bits per heavy atom. The summed E-state index contributed by atoms with van der Waals surface area (Å²) in [5.74, 6) is -0.140. The zero-order valence-electron chi connectivity index (χ0n) is 11.3. The van der Waals surface area contributed by atoms with Crippen LogP contribution in [0.5, 0.6) is 5.75 Å². The molecule has 1 heterocycles. The third kappa shape index (κ3) is 3.91. The minimum Gasteiger partial charge on any atom is -0.481 e. The highest BCUT2D eigenvalue weighted by atomic mass is 19.1. The van der Waals surface area contributed by atoms with Crippen molar-refractivity contribution in [1.29, 1.82) is 0 Å². The fraction of sp³-hybridized carbons (Fsp3) is 0.500. The third-order valence-corrected chi connectivity index (χ3v) is 3.34. The predicted octanol–water partition coefficient (Wildman–Crippen LogP) is 0.289. The van der Waals surface area contributed by atoms with E-state index in [1.807, 2.05) is 0 Å². The third-order valence-electron chi connectivity index (χ3n) is 3.34. The van der Waals surface area contributed by atoms with Crippen LogP contribution in [0.2, 0.25) is 0 Å². The first-order valence-electron chi connectivity index (χ1n) is 6.65. The van der Waals surface area contributed by atoms with Gasteiger partial charge in [-0.25, -0.2) is 4.39 Å². The monoisotopic (exact) mass is 282 g/mol. The molecule has 0 radical (unpaired) electrons. The molecule has 1 saturated heterocycles. The lowest BCUT2D eigenvalue weighted by atomic mass is 10.1. The van der Waals surface area contributed by atoms with Gasteiger partial charge in [-0.05, 0) is 31.2 Å². The maximum atomic E-state index is 12.7. The summed E-state index contributed by atoms with van der Waals surface area (Å²) in [5, 5.41) is 15.4. The molecule has 0 bridgehead atoms. The quantitative estimate of drug-likeness (QED) is 0.726. The molecule has 0 spiro atoms. The highest BCUT2D eigenvalue weighted by Crippen LogP contribution is 2.13. The van der Waals surface area contributed by atoms with Gasteiger partial charge in [0.25, 0.3) is 5.91 Å². The summed E-state index contributed by atoms with van der Waals surface area (Å²) in [6.45, 7) is 3.28. The van der Waals surface area contributed by atoms with E-state index in [4.69, 9.17) is 4.74 Å². The summed E-state index contributed by atoms with van der Waals surface area (Å²) in [4.78, 5) is 11.9. The first-order chi connectivity index (χ1) is 9.56. The number of amides is 1. The van der Waals surface area contributed by atoms with Crippen LogP contribution < -0.4 is 15.4 Å². The summed E-state index contributed by atoms with van der Waals surface area (Å²) in [6, 6.07) is 5.51. The van der Waals surface area contributed by atoms with Crippen LogP contribution in [0.25, 0.3) is 0 Å². The number of hydrogen-bond donors (Lipinski definition) is 3. The number of benzene rings is 1. The van der Waals surface area contributed by atoms with Crippen LogP contribution >= 0.6 is 0 Å². The van der Waals surface area contributed by atoms with Crippen molar-refractivity contribution < 1.29 is 19.0 Å². The van der Waals surface area contributed by atoms with E-state index in [1.54, 1.807) is 6.92 Å². The second-order valence-electron chi connectivity index (χ2n) is 4.94. The Bertz CT molecular complexity index is 452. The SMILES string of the molecule is CC(Oc1ccc(F)cc1)C(=O)NCC1CNCC1O. The molecule has 0 saturated carbocycles. The Morgan fingerprint density at radius 3 is 2.80 bits per heavy atom. The zero-order valence-corrected chi connectivity index (χ0v) is 11.3. The van der Waals surface area contributed by atoms with Crippen LogP contribution in [0.3, 0.4) is 0 Å². The summed E-state index contributed by atoms with van der Waals surface area (Å²) in [7, 11) is 0. The van der Waals surface area contributed by atoms with Crippen LogP contribution in [0.4, 0.5) is 4.39 Å². The zero-order chi connectivity index (χ0) is 14.5. The van der Waals surface area contributed by atoms with E-state index in [0.29, 0.717) is 25.4 Å². The fourth-order valence-electron chi connectivity index (χ4n) is 2.07. The van der Waals surface area contributed by atoms with Gasteiger partial charge in [-0.15, -0.1) is 0 Å². The molecule has 3 atom stereocenters. The van der Waals surface area contributed by atoms with Gasteiger partial charge in [0.05, 0.1) is 6.10 Å². The normalized spacial score (nSPS) is 23.4. The molecule has 6 heteroatoms. The Kier molecular flexibility index (Phi) is 4.92. The lowest BCUT2D eigenvalue weighted by Crippen LogP contribution is -2.41. The predicted molar refractivity (Wildman–Crippen MR) is 71.9 cm³/mol. The van der Waals surface area contributed by atoms with E-state index in [-0.39, 0.29) is 17.6 Å². The number of β-amino-alcohol motifs (C(OH)–C–C–N with tert-alkyl or cyclic N) is 1.